The van der Waals surface area contributed by atoms with E-state index in [0.717, 1.165) is 43.5 Å². The monoisotopic (exact) mass is 426 g/mol. The molecule has 30 heavy (non-hydrogen) atoms. The van der Waals surface area contributed by atoms with Crippen molar-refractivity contribution in [3.05, 3.63) is 47.0 Å². The maximum atomic E-state index is 12.4. The van der Waals surface area contributed by atoms with E-state index in [4.69, 9.17) is 4.74 Å². The molecule has 1 fully saturated rings. The van der Waals surface area contributed by atoms with Crippen LogP contribution in [0.5, 0.6) is 5.75 Å². The summed E-state index contributed by atoms with van der Waals surface area (Å²) in [7, 11) is 1.69. The summed E-state index contributed by atoms with van der Waals surface area (Å²) in [6.07, 6.45) is 8.23. The van der Waals surface area contributed by atoms with Gasteiger partial charge in [0.25, 0.3) is 5.91 Å². The molecule has 2 heterocycles. The quantitative estimate of drug-likeness (QED) is 0.676. The number of allylic oxidation sites excluding steroid dienone is 1. The van der Waals surface area contributed by atoms with Crippen LogP contribution >= 0.6 is 11.3 Å². The van der Waals surface area contributed by atoms with Gasteiger partial charge in [-0.15, -0.1) is 11.3 Å². The molecule has 7 heteroatoms. The van der Waals surface area contributed by atoms with Crippen molar-refractivity contribution < 1.29 is 9.53 Å². The van der Waals surface area contributed by atoms with Crippen molar-refractivity contribution in [2.45, 2.75) is 32.1 Å². The lowest BCUT2D eigenvalue weighted by Crippen LogP contribution is -2.46. The van der Waals surface area contributed by atoms with E-state index in [-0.39, 0.29) is 5.91 Å². The van der Waals surface area contributed by atoms with Crippen molar-refractivity contribution in [2.75, 3.05) is 49.6 Å². The third kappa shape index (κ3) is 5.14. The Hall–Kier alpha value is -2.54. The van der Waals surface area contributed by atoms with Gasteiger partial charge in [-0.05, 0) is 56.4 Å². The van der Waals surface area contributed by atoms with Crippen molar-refractivity contribution in [3.8, 4) is 5.75 Å². The molecule has 1 N–H and O–H groups in total. The lowest BCUT2D eigenvalue weighted by atomic mass is 9.97. The fraction of sp³-hybridized carbons (Fsp3) is 0.478. The molecule has 1 saturated heterocycles. The largest absolute Gasteiger partial charge is 0.497 e. The summed E-state index contributed by atoms with van der Waals surface area (Å²) in [6, 6.07) is 8.20. The van der Waals surface area contributed by atoms with Gasteiger partial charge in [0.2, 0.25) is 0 Å². The van der Waals surface area contributed by atoms with Gasteiger partial charge >= 0.3 is 0 Å². The minimum absolute atomic E-state index is 0.0641. The van der Waals surface area contributed by atoms with Crippen LogP contribution in [0.2, 0.25) is 0 Å². The number of nitrogens with zero attached hydrogens (tertiary/aromatic N) is 3. The number of carbonyl (C=O) groups is 1. The SMILES string of the molecule is COc1ccc(N2CCN(c3nc(C(=O)NCCC4=CCCCC4)cs3)CC2)cc1. The van der Waals surface area contributed by atoms with Crippen LogP contribution in [-0.2, 0) is 0 Å². The van der Waals surface area contributed by atoms with E-state index in [2.05, 4.69) is 38.3 Å². The third-order valence-corrected chi connectivity index (χ3v) is 6.73. The van der Waals surface area contributed by atoms with Crippen molar-refractivity contribution in [1.82, 2.24) is 10.3 Å². The van der Waals surface area contributed by atoms with Crippen LogP contribution in [0.25, 0.3) is 0 Å². The maximum Gasteiger partial charge on any atom is 0.270 e. The van der Waals surface area contributed by atoms with Crippen LogP contribution < -0.4 is 19.9 Å². The summed E-state index contributed by atoms with van der Waals surface area (Å²) in [6.45, 7) is 4.35. The standard InChI is InChI=1S/C23H30N4O2S/c1-29-20-9-7-19(8-10-20)26-13-15-27(16-14-26)23-25-21(17-30-23)22(28)24-12-11-18-5-3-2-4-6-18/h5,7-10,17H,2-4,6,11-16H2,1H3,(H,24,28). The molecule has 2 aliphatic rings. The van der Waals surface area contributed by atoms with E-state index in [0.29, 0.717) is 12.2 Å². The van der Waals surface area contributed by atoms with E-state index in [9.17, 15) is 4.79 Å². The summed E-state index contributed by atoms with van der Waals surface area (Å²) in [4.78, 5) is 21.7. The molecule has 6 nitrogen and oxygen atoms in total. The Morgan fingerprint density at radius 2 is 1.90 bits per heavy atom. The van der Waals surface area contributed by atoms with Crippen LogP contribution in [-0.4, -0.2) is 50.7 Å². The van der Waals surface area contributed by atoms with Crippen molar-refractivity contribution in [1.29, 1.82) is 0 Å². The normalized spacial score (nSPS) is 16.9. The second-order valence-electron chi connectivity index (χ2n) is 7.80. The fourth-order valence-corrected chi connectivity index (χ4v) is 4.88. The van der Waals surface area contributed by atoms with E-state index in [1.807, 2.05) is 17.5 Å². The molecule has 0 saturated carbocycles. The minimum Gasteiger partial charge on any atom is -0.497 e. The number of aromatic nitrogens is 1. The number of carbonyl (C=O) groups excluding carboxylic acids is 1. The van der Waals surface area contributed by atoms with Crippen LogP contribution in [0.1, 0.15) is 42.6 Å². The first-order valence-electron chi connectivity index (χ1n) is 10.8. The van der Waals surface area contributed by atoms with Gasteiger partial charge in [-0.1, -0.05) is 11.6 Å². The van der Waals surface area contributed by atoms with Gasteiger partial charge in [0, 0.05) is 43.8 Å². The number of ether oxygens (including phenoxy) is 1. The summed E-state index contributed by atoms with van der Waals surface area (Å²) in [5.74, 6) is 0.812. The van der Waals surface area contributed by atoms with E-state index in [1.54, 1.807) is 18.4 Å². The third-order valence-electron chi connectivity index (χ3n) is 5.83. The van der Waals surface area contributed by atoms with Gasteiger partial charge in [0.1, 0.15) is 11.4 Å². The fourth-order valence-electron chi connectivity index (χ4n) is 4.02. The molecule has 0 atom stereocenters. The van der Waals surface area contributed by atoms with Crippen molar-refractivity contribution >= 4 is 28.1 Å². The molecule has 1 aliphatic heterocycles. The Bertz CT molecular complexity index is 870. The Labute approximate surface area is 182 Å². The molecule has 0 radical (unpaired) electrons. The number of thiazole rings is 1. The zero-order valence-electron chi connectivity index (χ0n) is 17.6. The minimum atomic E-state index is -0.0641. The van der Waals surface area contributed by atoms with Gasteiger partial charge < -0.3 is 19.9 Å². The number of hydrogen-bond donors (Lipinski definition) is 1. The molecule has 0 spiro atoms. The molecule has 1 amide bonds. The zero-order valence-corrected chi connectivity index (χ0v) is 18.4. The van der Waals surface area contributed by atoms with Crippen LogP contribution in [0, 0.1) is 0 Å². The Morgan fingerprint density at radius 1 is 1.13 bits per heavy atom. The summed E-state index contributed by atoms with van der Waals surface area (Å²) < 4.78 is 5.24. The summed E-state index contributed by atoms with van der Waals surface area (Å²) >= 11 is 1.56. The van der Waals surface area contributed by atoms with E-state index >= 15 is 0 Å². The summed E-state index contributed by atoms with van der Waals surface area (Å²) in [5.41, 5.74) is 3.23. The van der Waals surface area contributed by atoms with Crippen molar-refractivity contribution in [3.63, 3.8) is 0 Å². The van der Waals surface area contributed by atoms with Gasteiger partial charge in [-0.25, -0.2) is 4.98 Å². The number of benzene rings is 1. The topological polar surface area (TPSA) is 57.7 Å². The number of anilines is 2. The first-order chi connectivity index (χ1) is 14.7. The van der Waals surface area contributed by atoms with E-state index in [1.165, 1.54) is 36.9 Å². The highest BCUT2D eigenvalue weighted by molar-refractivity contribution is 7.13. The first-order valence-corrected chi connectivity index (χ1v) is 11.7. The van der Waals surface area contributed by atoms with Crippen LogP contribution in [0.3, 0.4) is 0 Å². The second kappa shape index (κ2) is 9.98. The smallest absolute Gasteiger partial charge is 0.270 e. The molecule has 2 aromatic rings. The molecule has 1 aromatic carbocycles. The number of piperazine rings is 1. The highest BCUT2D eigenvalue weighted by Gasteiger charge is 2.21. The van der Waals surface area contributed by atoms with Crippen LogP contribution in [0.15, 0.2) is 41.3 Å². The molecular formula is C23H30N4O2S. The lowest BCUT2D eigenvalue weighted by molar-refractivity contribution is 0.0950. The molecule has 1 aromatic heterocycles. The number of nitrogens with one attached hydrogen (secondary N) is 1. The number of amides is 1. The predicted octanol–water partition coefficient (Wildman–Crippen LogP) is 4.10. The molecular weight excluding hydrogens is 396 g/mol. The van der Waals surface area contributed by atoms with Gasteiger partial charge in [0.15, 0.2) is 5.13 Å². The average molecular weight is 427 g/mol. The lowest BCUT2D eigenvalue weighted by Gasteiger charge is -2.36. The second-order valence-corrected chi connectivity index (χ2v) is 8.64. The first kappa shape index (κ1) is 20.7. The number of rotatable bonds is 7. The number of methoxy groups -OCH3 is 1. The Kier molecular flexibility index (Phi) is 6.89. The predicted molar refractivity (Wildman–Crippen MR) is 123 cm³/mol. The van der Waals surface area contributed by atoms with Crippen molar-refractivity contribution in [2.24, 2.45) is 0 Å². The highest BCUT2D eigenvalue weighted by Crippen LogP contribution is 2.25. The number of hydrogen-bond acceptors (Lipinski definition) is 6. The molecule has 160 valence electrons. The summed E-state index contributed by atoms with van der Waals surface area (Å²) in [5, 5.41) is 5.84. The van der Waals surface area contributed by atoms with Gasteiger partial charge in [-0.2, -0.15) is 0 Å². The zero-order chi connectivity index (χ0) is 20.8. The average Bonchev–Trinajstić information content (AvgIpc) is 3.30. The molecule has 0 unspecified atom stereocenters. The maximum absolute atomic E-state index is 12.4. The molecule has 4 rings (SSSR count). The van der Waals surface area contributed by atoms with Gasteiger partial charge in [-0.3, -0.25) is 4.79 Å². The van der Waals surface area contributed by atoms with E-state index < -0.39 is 0 Å². The molecule has 0 bridgehead atoms. The molecule has 1 aliphatic carbocycles. The van der Waals surface area contributed by atoms with Crippen LogP contribution in [0.4, 0.5) is 10.8 Å². The highest BCUT2D eigenvalue weighted by atomic mass is 32.1. The van der Waals surface area contributed by atoms with Gasteiger partial charge in [0.05, 0.1) is 7.11 Å². The Balaban J connectivity index is 1.25. The Morgan fingerprint density at radius 3 is 2.60 bits per heavy atom.